The van der Waals surface area contributed by atoms with Crippen molar-refractivity contribution in [3.8, 4) is 11.5 Å². The quantitative estimate of drug-likeness (QED) is 0.168. The van der Waals surface area contributed by atoms with Crippen LogP contribution in [0.1, 0.15) is 62.4 Å². The number of rotatable bonds is 9. The van der Waals surface area contributed by atoms with Gasteiger partial charge in [-0.3, -0.25) is 9.89 Å². The SMILES string of the molecule is CC(C)COC(=O)c1ccc(N=Nc2ccc(N=Nc3c(-c4ccco4)[nH]n(C4CCCCC4)c3=O)cc2)cc1. The fourth-order valence-electron chi connectivity index (χ4n) is 4.53. The normalized spacial score (nSPS) is 14.5. The van der Waals surface area contributed by atoms with Gasteiger partial charge in [0, 0.05) is 0 Å². The Morgan fingerprint density at radius 2 is 1.52 bits per heavy atom. The molecule has 0 atom stereocenters. The Hall–Kier alpha value is -4.60. The molecule has 0 aliphatic heterocycles. The second kappa shape index (κ2) is 12.5. The highest BCUT2D eigenvalue weighted by Gasteiger charge is 2.24. The van der Waals surface area contributed by atoms with Gasteiger partial charge >= 0.3 is 5.97 Å². The third kappa shape index (κ3) is 6.51. The van der Waals surface area contributed by atoms with E-state index in [9.17, 15) is 9.59 Å². The van der Waals surface area contributed by atoms with Crippen molar-refractivity contribution in [3.63, 3.8) is 0 Å². The maximum absolute atomic E-state index is 13.3. The Morgan fingerprint density at radius 3 is 2.10 bits per heavy atom. The first-order valence-electron chi connectivity index (χ1n) is 13.6. The highest BCUT2D eigenvalue weighted by molar-refractivity contribution is 5.89. The average molecular weight is 541 g/mol. The number of azo groups is 2. The molecule has 5 rings (SSSR count). The Morgan fingerprint density at radius 1 is 0.925 bits per heavy atom. The Balaban J connectivity index is 1.28. The third-order valence-electron chi connectivity index (χ3n) is 6.64. The molecule has 1 N–H and O–H groups in total. The molecule has 206 valence electrons. The van der Waals surface area contributed by atoms with Crippen molar-refractivity contribution in [2.24, 2.45) is 26.4 Å². The average Bonchev–Trinajstić information content (AvgIpc) is 3.63. The summed E-state index contributed by atoms with van der Waals surface area (Å²) >= 11 is 0. The summed E-state index contributed by atoms with van der Waals surface area (Å²) in [6.45, 7) is 4.35. The van der Waals surface area contributed by atoms with Gasteiger partial charge in [0.2, 0.25) is 0 Å². The number of aromatic amines is 1. The van der Waals surface area contributed by atoms with Crippen molar-refractivity contribution < 1.29 is 13.9 Å². The fourth-order valence-corrected chi connectivity index (χ4v) is 4.53. The summed E-state index contributed by atoms with van der Waals surface area (Å²) in [5.74, 6) is 0.461. The molecule has 0 radical (unpaired) electrons. The number of hydrogen-bond acceptors (Lipinski definition) is 8. The molecule has 1 aliphatic rings. The van der Waals surface area contributed by atoms with Crippen molar-refractivity contribution in [1.29, 1.82) is 0 Å². The first-order valence-corrected chi connectivity index (χ1v) is 13.6. The summed E-state index contributed by atoms with van der Waals surface area (Å²) in [6.07, 6.45) is 6.88. The Kier molecular flexibility index (Phi) is 8.44. The van der Waals surface area contributed by atoms with Crippen LogP contribution in [0, 0.1) is 5.92 Å². The summed E-state index contributed by atoms with van der Waals surface area (Å²) < 4.78 is 12.5. The first-order chi connectivity index (χ1) is 19.5. The van der Waals surface area contributed by atoms with E-state index in [1.807, 2.05) is 13.8 Å². The van der Waals surface area contributed by atoms with Gasteiger partial charge in [0.25, 0.3) is 5.56 Å². The molecule has 0 saturated heterocycles. The number of esters is 1. The number of nitrogens with one attached hydrogen (secondary N) is 1. The van der Waals surface area contributed by atoms with Crippen LogP contribution in [-0.4, -0.2) is 22.4 Å². The van der Waals surface area contributed by atoms with Crippen LogP contribution in [0.25, 0.3) is 11.5 Å². The van der Waals surface area contributed by atoms with E-state index in [0.29, 0.717) is 40.7 Å². The van der Waals surface area contributed by atoms with Gasteiger partial charge in [-0.2, -0.15) is 15.3 Å². The zero-order chi connectivity index (χ0) is 27.9. The summed E-state index contributed by atoms with van der Waals surface area (Å²) in [5, 5.41) is 20.3. The number of aromatic nitrogens is 2. The van der Waals surface area contributed by atoms with Crippen LogP contribution in [0.4, 0.5) is 22.7 Å². The summed E-state index contributed by atoms with van der Waals surface area (Å²) in [7, 11) is 0. The maximum atomic E-state index is 13.3. The molecular weight excluding hydrogens is 508 g/mol. The Bertz CT molecular complexity index is 1520. The van der Waals surface area contributed by atoms with Gasteiger partial charge in [0.1, 0.15) is 5.69 Å². The topological polar surface area (TPSA) is 127 Å². The lowest BCUT2D eigenvalue weighted by atomic mass is 9.96. The van der Waals surface area contributed by atoms with Crippen LogP contribution in [-0.2, 0) is 4.74 Å². The predicted molar refractivity (Wildman–Crippen MR) is 151 cm³/mol. The van der Waals surface area contributed by atoms with Crippen molar-refractivity contribution in [2.45, 2.75) is 52.0 Å². The third-order valence-corrected chi connectivity index (χ3v) is 6.64. The molecule has 10 heteroatoms. The van der Waals surface area contributed by atoms with Crippen molar-refractivity contribution >= 4 is 28.7 Å². The molecule has 40 heavy (non-hydrogen) atoms. The summed E-state index contributed by atoms with van der Waals surface area (Å²) in [6, 6.07) is 17.5. The number of carbonyl (C=O) groups is 1. The lowest BCUT2D eigenvalue weighted by Gasteiger charge is -2.21. The first kappa shape index (κ1) is 27.0. The van der Waals surface area contributed by atoms with Gasteiger partial charge in [-0.05, 0) is 79.4 Å². The zero-order valence-electron chi connectivity index (χ0n) is 22.6. The molecule has 2 aromatic heterocycles. The molecule has 2 heterocycles. The molecule has 0 bridgehead atoms. The smallest absolute Gasteiger partial charge is 0.338 e. The molecule has 1 fully saturated rings. The molecule has 1 saturated carbocycles. The number of benzene rings is 2. The van der Waals surface area contributed by atoms with E-state index in [4.69, 9.17) is 9.15 Å². The van der Waals surface area contributed by atoms with E-state index in [2.05, 4.69) is 25.6 Å². The predicted octanol–water partition coefficient (Wildman–Crippen LogP) is 8.59. The zero-order valence-corrected chi connectivity index (χ0v) is 22.6. The monoisotopic (exact) mass is 540 g/mol. The Labute approximate surface area is 231 Å². The number of nitrogens with zero attached hydrogens (tertiary/aromatic N) is 5. The van der Waals surface area contributed by atoms with E-state index in [-0.39, 0.29) is 29.2 Å². The molecular formula is C30H32N6O4. The van der Waals surface area contributed by atoms with Crippen LogP contribution >= 0.6 is 0 Å². The number of carbonyl (C=O) groups excluding carboxylic acids is 1. The number of furan rings is 1. The van der Waals surface area contributed by atoms with E-state index in [1.54, 1.807) is 71.6 Å². The van der Waals surface area contributed by atoms with Gasteiger partial charge in [-0.25, -0.2) is 9.48 Å². The van der Waals surface area contributed by atoms with Gasteiger partial charge in [0.15, 0.2) is 11.4 Å². The van der Waals surface area contributed by atoms with Gasteiger partial charge in [-0.15, -0.1) is 5.11 Å². The largest absolute Gasteiger partial charge is 0.463 e. The van der Waals surface area contributed by atoms with Crippen LogP contribution in [0.2, 0.25) is 0 Å². The van der Waals surface area contributed by atoms with E-state index < -0.39 is 0 Å². The molecule has 2 aromatic carbocycles. The van der Waals surface area contributed by atoms with Crippen LogP contribution < -0.4 is 5.56 Å². The number of H-pyrrole nitrogens is 1. The number of ether oxygens (including phenoxy) is 1. The summed E-state index contributed by atoms with van der Waals surface area (Å²) in [4.78, 5) is 25.3. The lowest BCUT2D eigenvalue weighted by molar-refractivity contribution is 0.0459. The maximum Gasteiger partial charge on any atom is 0.338 e. The van der Waals surface area contributed by atoms with Crippen LogP contribution in [0.15, 0.2) is 96.6 Å². The van der Waals surface area contributed by atoms with E-state index in [0.717, 1.165) is 25.7 Å². The molecule has 1 aliphatic carbocycles. The minimum atomic E-state index is -0.356. The van der Waals surface area contributed by atoms with Gasteiger partial charge in [0.05, 0.1) is 41.5 Å². The van der Waals surface area contributed by atoms with Crippen LogP contribution in [0.3, 0.4) is 0 Å². The molecule has 4 aromatic rings. The molecule has 0 unspecified atom stereocenters. The lowest BCUT2D eigenvalue weighted by Crippen LogP contribution is -2.24. The standard InChI is InChI=1S/C30H32N6O4/c1-20(2)19-40-30(38)21-10-12-22(13-11-21)31-32-23-14-16-24(17-15-23)33-34-28-27(26-9-6-18-39-26)35-36(29(28)37)25-7-4-3-5-8-25/h6,9-18,20,25,35H,3-5,7-8,19H2,1-2H3. The fraction of sp³-hybridized carbons (Fsp3) is 0.333. The summed E-state index contributed by atoms with van der Waals surface area (Å²) in [5.41, 5.74) is 2.81. The van der Waals surface area contributed by atoms with Crippen molar-refractivity contribution in [3.05, 3.63) is 82.8 Å². The van der Waals surface area contributed by atoms with Gasteiger partial charge < -0.3 is 9.15 Å². The molecule has 10 nitrogen and oxygen atoms in total. The number of hydrogen-bond donors (Lipinski definition) is 1. The molecule has 0 amide bonds. The van der Waals surface area contributed by atoms with Crippen molar-refractivity contribution in [2.75, 3.05) is 6.61 Å². The minimum Gasteiger partial charge on any atom is -0.463 e. The van der Waals surface area contributed by atoms with Crippen LogP contribution in [0.5, 0.6) is 0 Å². The highest BCUT2D eigenvalue weighted by atomic mass is 16.5. The second-order valence-electron chi connectivity index (χ2n) is 10.2. The van der Waals surface area contributed by atoms with E-state index in [1.165, 1.54) is 6.42 Å². The molecule has 0 spiro atoms. The minimum absolute atomic E-state index is 0.124. The second-order valence-corrected chi connectivity index (χ2v) is 10.2. The van der Waals surface area contributed by atoms with Crippen molar-refractivity contribution in [1.82, 2.24) is 9.78 Å². The highest BCUT2D eigenvalue weighted by Crippen LogP contribution is 2.32. The van der Waals surface area contributed by atoms with Gasteiger partial charge in [-0.1, -0.05) is 33.1 Å². The van der Waals surface area contributed by atoms with E-state index >= 15 is 0 Å².